The van der Waals surface area contributed by atoms with Gasteiger partial charge in [-0.3, -0.25) is 4.79 Å². The van der Waals surface area contributed by atoms with E-state index >= 15 is 0 Å². The van der Waals surface area contributed by atoms with Crippen LogP contribution in [0.15, 0.2) is 35.4 Å². The number of rotatable bonds is 14. The van der Waals surface area contributed by atoms with E-state index in [1.165, 1.54) is 17.3 Å². The lowest BCUT2D eigenvalue weighted by Gasteiger charge is -2.30. The van der Waals surface area contributed by atoms with Crippen molar-refractivity contribution in [2.45, 2.75) is 78.1 Å². The van der Waals surface area contributed by atoms with Crippen LogP contribution in [0.4, 0.5) is 0 Å². The third-order valence-electron chi connectivity index (χ3n) is 7.19. The van der Waals surface area contributed by atoms with Gasteiger partial charge in [0.2, 0.25) is 5.91 Å². The molecule has 0 bridgehead atoms. The molecule has 0 heterocycles. The average Bonchev–Trinajstić information content (AvgIpc) is 2.90. The van der Waals surface area contributed by atoms with E-state index in [4.69, 9.17) is 18.9 Å². The number of carbonyl (C=O) groups is 1. The fourth-order valence-electron chi connectivity index (χ4n) is 3.80. The van der Waals surface area contributed by atoms with Crippen LogP contribution in [0, 0.1) is 0 Å². The van der Waals surface area contributed by atoms with Crippen LogP contribution in [0.5, 0.6) is 23.0 Å². The number of hydrazone groups is 1. The fraction of sp³-hybridized carbons (Fsp3) is 0.533. The molecule has 1 amide bonds. The van der Waals surface area contributed by atoms with Gasteiger partial charge in [-0.1, -0.05) is 53.7 Å². The van der Waals surface area contributed by atoms with Gasteiger partial charge >= 0.3 is 0 Å². The molecular formula is C30H44N2O5. The summed E-state index contributed by atoms with van der Waals surface area (Å²) in [5.41, 5.74) is 5.86. The van der Waals surface area contributed by atoms with Crippen molar-refractivity contribution in [3.8, 4) is 23.0 Å². The van der Waals surface area contributed by atoms with Crippen molar-refractivity contribution in [3.05, 3.63) is 47.0 Å². The van der Waals surface area contributed by atoms with Crippen LogP contribution in [0.3, 0.4) is 0 Å². The zero-order valence-corrected chi connectivity index (χ0v) is 24.0. The first-order chi connectivity index (χ1) is 17.5. The van der Waals surface area contributed by atoms with Gasteiger partial charge in [-0.2, -0.15) is 5.10 Å². The number of nitrogens with zero attached hydrogens (tertiary/aromatic N) is 1. The predicted molar refractivity (Wildman–Crippen MR) is 150 cm³/mol. The number of benzene rings is 2. The second-order valence-corrected chi connectivity index (χ2v) is 10.4. The van der Waals surface area contributed by atoms with E-state index in [1.807, 2.05) is 0 Å². The molecule has 0 aliphatic carbocycles. The molecule has 0 atom stereocenters. The summed E-state index contributed by atoms with van der Waals surface area (Å²) in [6, 6.07) is 10.00. The molecule has 7 heteroatoms. The van der Waals surface area contributed by atoms with Gasteiger partial charge in [-0.05, 0) is 47.8 Å². The number of hydrogen-bond acceptors (Lipinski definition) is 6. The predicted octanol–water partition coefficient (Wildman–Crippen LogP) is 6.40. The van der Waals surface area contributed by atoms with Crippen molar-refractivity contribution >= 4 is 12.1 Å². The molecule has 0 radical (unpaired) electrons. The summed E-state index contributed by atoms with van der Waals surface area (Å²) in [6.45, 7) is 13.9. The van der Waals surface area contributed by atoms with Crippen molar-refractivity contribution in [1.29, 1.82) is 0 Å². The van der Waals surface area contributed by atoms with E-state index in [0.29, 0.717) is 42.3 Å². The molecule has 2 aromatic rings. The summed E-state index contributed by atoms with van der Waals surface area (Å²) < 4.78 is 22.2. The minimum Gasteiger partial charge on any atom is -0.496 e. The topological polar surface area (TPSA) is 78.4 Å². The molecule has 2 rings (SSSR count). The van der Waals surface area contributed by atoms with Crippen LogP contribution in [0.2, 0.25) is 0 Å². The van der Waals surface area contributed by atoms with Gasteiger partial charge in [0.15, 0.2) is 11.5 Å². The van der Waals surface area contributed by atoms with Gasteiger partial charge in [0.05, 0.1) is 34.2 Å². The molecule has 204 valence electrons. The number of amides is 1. The van der Waals surface area contributed by atoms with Crippen molar-refractivity contribution in [1.82, 2.24) is 5.43 Å². The summed E-state index contributed by atoms with van der Waals surface area (Å²) in [5.74, 6) is 2.36. The lowest BCUT2D eigenvalue weighted by atomic mass is 9.76. The normalized spacial score (nSPS) is 11.9. The van der Waals surface area contributed by atoms with Gasteiger partial charge in [0, 0.05) is 23.6 Å². The lowest BCUT2D eigenvalue weighted by Crippen LogP contribution is -2.21. The Morgan fingerprint density at radius 2 is 1.49 bits per heavy atom. The molecule has 37 heavy (non-hydrogen) atoms. The molecule has 7 nitrogen and oxygen atoms in total. The molecule has 0 aromatic heterocycles. The summed E-state index contributed by atoms with van der Waals surface area (Å²) in [4.78, 5) is 12.3. The molecule has 0 spiro atoms. The Labute approximate surface area is 222 Å². The SMILES string of the molecule is CCC(C)(C)c1ccc(OCCCC(=O)N/N=C\c2cc(OC)c(OC)cc2OC)c(C(C)(C)CC)c1. The minimum absolute atomic E-state index is 0.00749. The Kier molecular flexibility index (Phi) is 10.8. The largest absolute Gasteiger partial charge is 0.496 e. The van der Waals surface area contributed by atoms with Gasteiger partial charge in [-0.15, -0.1) is 0 Å². The Morgan fingerprint density at radius 3 is 2.08 bits per heavy atom. The molecule has 0 saturated carbocycles. The van der Waals surface area contributed by atoms with Gasteiger partial charge in [0.25, 0.3) is 0 Å². The molecule has 0 aliphatic rings. The van der Waals surface area contributed by atoms with Crippen molar-refractivity contribution in [3.63, 3.8) is 0 Å². The third kappa shape index (κ3) is 7.88. The molecule has 0 aliphatic heterocycles. The van der Waals surface area contributed by atoms with E-state index in [2.05, 4.69) is 70.3 Å². The van der Waals surface area contributed by atoms with Crippen LogP contribution < -0.4 is 24.4 Å². The summed E-state index contributed by atoms with van der Waals surface area (Å²) in [6.07, 6.45) is 4.47. The van der Waals surface area contributed by atoms with Crippen LogP contribution in [-0.2, 0) is 15.6 Å². The van der Waals surface area contributed by atoms with Crippen LogP contribution in [0.25, 0.3) is 0 Å². The Balaban J connectivity index is 1.98. The van der Waals surface area contributed by atoms with Crippen molar-refractivity contribution in [2.75, 3.05) is 27.9 Å². The second kappa shape index (κ2) is 13.4. The minimum atomic E-state index is -0.187. The van der Waals surface area contributed by atoms with Crippen LogP contribution in [0.1, 0.15) is 83.9 Å². The summed E-state index contributed by atoms with van der Waals surface area (Å²) in [7, 11) is 4.67. The monoisotopic (exact) mass is 512 g/mol. The second-order valence-electron chi connectivity index (χ2n) is 10.4. The standard InChI is InChI=1S/C30H44N2O5/c1-10-29(3,4)22-14-15-24(23(18-22)30(5,6)11-2)37-16-12-13-28(33)32-31-20-21-17-26(35-8)27(36-9)19-25(21)34-7/h14-15,17-20H,10-13,16H2,1-9H3,(H,32,33)/b31-20-. The number of carbonyl (C=O) groups excluding carboxylic acids is 1. The Bertz CT molecular complexity index is 1080. The maximum Gasteiger partial charge on any atom is 0.240 e. The molecular weight excluding hydrogens is 468 g/mol. The Morgan fingerprint density at radius 1 is 0.865 bits per heavy atom. The van der Waals surface area contributed by atoms with Crippen molar-refractivity contribution in [2.24, 2.45) is 5.10 Å². The number of nitrogens with one attached hydrogen (secondary N) is 1. The van der Waals surface area contributed by atoms with Gasteiger partial charge in [0.1, 0.15) is 11.5 Å². The summed E-state index contributed by atoms with van der Waals surface area (Å²) in [5, 5.41) is 4.07. The van der Waals surface area contributed by atoms with E-state index in [0.717, 1.165) is 18.6 Å². The highest BCUT2D eigenvalue weighted by Gasteiger charge is 2.26. The van der Waals surface area contributed by atoms with Crippen LogP contribution in [-0.4, -0.2) is 40.1 Å². The summed E-state index contributed by atoms with van der Waals surface area (Å²) >= 11 is 0. The van der Waals surface area contributed by atoms with Crippen molar-refractivity contribution < 1.29 is 23.7 Å². The molecule has 2 aromatic carbocycles. The Hall–Kier alpha value is -3.22. The highest BCUT2D eigenvalue weighted by atomic mass is 16.5. The molecule has 0 fully saturated rings. The number of ether oxygens (including phenoxy) is 4. The average molecular weight is 513 g/mol. The zero-order chi connectivity index (χ0) is 27.6. The van der Waals surface area contributed by atoms with Crippen LogP contribution >= 0.6 is 0 Å². The smallest absolute Gasteiger partial charge is 0.240 e. The molecule has 0 saturated heterocycles. The number of hydrogen-bond donors (Lipinski definition) is 1. The van der Waals surface area contributed by atoms with E-state index in [1.54, 1.807) is 33.5 Å². The highest BCUT2D eigenvalue weighted by molar-refractivity contribution is 5.86. The van der Waals surface area contributed by atoms with Gasteiger partial charge < -0.3 is 18.9 Å². The first kappa shape index (κ1) is 30.0. The lowest BCUT2D eigenvalue weighted by molar-refractivity contribution is -0.121. The first-order valence-corrected chi connectivity index (χ1v) is 12.9. The molecule has 0 unspecified atom stereocenters. The zero-order valence-electron chi connectivity index (χ0n) is 24.0. The van der Waals surface area contributed by atoms with E-state index in [-0.39, 0.29) is 16.7 Å². The van der Waals surface area contributed by atoms with E-state index < -0.39 is 0 Å². The quantitative estimate of drug-likeness (QED) is 0.180. The third-order valence-corrected chi connectivity index (χ3v) is 7.19. The number of methoxy groups -OCH3 is 3. The molecule has 1 N–H and O–H groups in total. The maximum atomic E-state index is 12.3. The fourth-order valence-corrected chi connectivity index (χ4v) is 3.80. The highest BCUT2D eigenvalue weighted by Crippen LogP contribution is 2.38. The van der Waals surface area contributed by atoms with Gasteiger partial charge in [-0.25, -0.2) is 5.43 Å². The van der Waals surface area contributed by atoms with E-state index in [9.17, 15) is 4.79 Å². The maximum absolute atomic E-state index is 12.3. The first-order valence-electron chi connectivity index (χ1n) is 12.9.